The summed E-state index contributed by atoms with van der Waals surface area (Å²) in [6.07, 6.45) is 2.70. The van der Waals surface area contributed by atoms with Crippen molar-refractivity contribution >= 4 is 17.0 Å². The maximum atomic E-state index is 13.8. The van der Waals surface area contributed by atoms with E-state index in [0.29, 0.717) is 36.4 Å². The first-order valence-electron chi connectivity index (χ1n) is 8.16. The fraction of sp³-hybridized carbons (Fsp3) is 0.353. The zero-order valence-corrected chi connectivity index (χ0v) is 13.9. The van der Waals surface area contributed by atoms with Gasteiger partial charge in [-0.2, -0.15) is 10.1 Å². The molecule has 130 valence electrons. The minimum Gasteiger partial charge on any atom is -0.335 e. The molecule has 0 radical (unpaired) electrons. The van der Waals surface area contributed by atoms with Crippen molar-refractivity contribution in [1.29, 1.82) is 0 Å². The van der Waals surface area contributed by atoms with Crippen LogP contribution < -0.4 is 10.5 Å². The Balaban J connectivity index is 1.84. The van der Waals surface area contributed by atoms with Gasteiger partial charge in [-0.15, -0.1) is 0 Å². The van der Waals surface area contributed by atoms with Crippen LogP contribution >= 0.6 is 0 Å². The Kier molecular flexibility index (Phi) is 3.55. The van der Waals surface area contributed by atoms with Crippen molar-refractivity contribution in [2.75, 3.05) is 11.4 Å². The van der Waals surface area contributed by atoms with E-state index in [4.69, 9.17) is 0 Å². The minimum atomic E-state index is -0.859. The zero-order valence-electron chi connectivity index (χ0n) is 13.9. The molecule has 1 aromatic carbocycles. The molecule has 0 spiro atoms. The second kappa shape index (κ2) is 5.65. The molecule has 0 bridgehead atoms. The summed E-state index contributed by atoms with van der Waals surface area (Å²) in [6, 6.07) is 2.34. The number of hydrogen-bond donors (Lipinski definition) is 1. The molecule has 3 aromatic rings. The lowest BCUT2D eigenvalue weighted by atomic mass is 9.91. The Bertz CT molecular complexity index is 1030. The lowest BCUT2D eigenvalue weighted by Gasteiger charge is -2.37. The molecular formula is C17H17F2N5O. The number of fused-ring (bicyclic) bond motifs is 2. The van der Waals surface area contributed by atoms with Gasteiger partial charge in [0, 0.05) is 13.6 Å². The average Bonchev–Trinajstić information content (AvgIpc) is 2.97. The topological polar surface area (TPSA) is 66.8 Å². The fourth-order valence-corrected chi connectivity index (χ4v) is 3.55. The maximum absolute atomic E-state index is 13.8. The summed E-state index contributed by atoms with van der Waals surface area (Å²) in [5.74, 6) is -1.27. The Morgan fingerprint density at radius 3 is 2.84 bits per heavy atom. The SMILES string of the molecule is CC[C@H]1c2cc(F)c(F)cc2CCN1c1nc2c(cnn2C)c(=O)[nH]1. The molecule has 4 rings (SSSR count). The third kappa shape index (κ3) is 2.40. The first-order valence-corrected chi connectivity index (χ1v) is 8.16. The molecule has 2 aromatic heterocycles. The Hall–Kier alpha value is -2.77. The second-order valence-corrected chi connectivity index (χ2v) is 6.23. The summed E-state index contributed by atoms with van der Waals surface area (Å²) in [5.41, 5.74) is 1.76. The molecule has 1 aliphatic heterocycles. The van der Waals surface area contributed by atoms with E-state index in [2.05, 4.69) is 15.1 Å². The molecule has 0 unspecified atom stereocenters. The van der Waals surface area contributed by atoms with Gasteiger partial charge in [0.15, 0.2) is 17.3 Å². The van der Waals surface area contributed by atoms with Gasteiger partial charge in [0.05, 0.1) is 12.2 Å². The molecule has 1 N–H and O–H groups in total. The van der Waals surface area contributed by atoms with E-state index in [1.807, 2.05) is 11.8 Å². The number of aromatic nitrogens is 4. The summed E-state index contributed by atoms with van der Waals surface area (Å²) >= 11 is 0. The number of rotatable bonds is 2. The molecule has 0 fully saturated rings. The highest BCUT2D eigenvalue weighted by Gasteiger charge is 2.29. The van der Waals surface area contributed by atoms with Gasteiger partial charge in [0.1, 0.15) is 5.39 Å². The molecule has 0 saturated heterocycles. The van der Waals surface area contributed by atoms with Crippen LogP contribution in [0, 0.1) is 11.6 Å². The van der Waals surface area contributed by atoms with E-state index in [0.717, 1.165) is 11.1 Å². The number of halogens is 2. The van der Waals surface area contributed by atoms with Crippen molar-refractivity contribution in [2.24, 2.45) is 7.05 Å². The lowest BCUT2D eigenvalue weighted by molar-refractivity contribution is 0.491. The van der Waals surface area contributed by atoms with Gasteiger partial charge >= 0.3 is 0 Å². The number of anilines is 1. The first kappa shape index (κ1) is 15.7. The van der Waals surface area contributed by atoms with Crippen LogP contribution in [0.1, 0.15) is 30.5 Å². The van der Waals surface area contributed by atoms with E-state index in [1.54, 1.807) is 11.7 Å². The molecular weight excluding hydrogens is 328 g/mol. The van der Waals surface area contributed by atoms with Gasteiger partial charge in [0.2, 0.25) is 5.95 Å². The predicted molar refractivity (Wildman–Crippen MR) is 89.6 cm³/mol. The van der Waals surface area contributed by atoms with Crippen LogP contribution in [-0.4, -0.2) is 26.3 Å². The minimum absolute atomic E-state index is 0.187. The summed E-state index contributed by atoms with van der Waals surface area (Å²) in [5, 5.41) is 4.48. The van der Waals surface area contributed by atoms with Gasteiger partial charge in [0.25, 0.3) is 5.56 Å². The largest absolute Gasteiger partial charge is 0.335 e. The van der Waals surface area contributed by atoms with Crippen LogP contribution in [0.4, 0.5) is 14.7 Å². The Labute approximate surface area is 142 Å². The maximum Gasteiger partial charge on any atom is 0.263 e. The molecule has 1 atom stereocenters. The molecule has 0 aliphatic carbocycles. The van der Waals surface area contributed by atoms with Gasteiger partial charge in [-0.05, 0) is 36.1 Å². The van der Waals surface area contributed by atoms with Crippen molar-refractivity contribution in [3.05, 3.63) is 51.4 Å². The van der Waals surface area contributed by atoms with Crippen molar-refractivity contribution in [3.8, 4) is 0 Å². The van der Waals surface area contributed by atoms with Crippen LogP contribution in [0.3, 0.4) is 0 Å². The van der Waals surface area contributed by atoms with Crippen LogP contribution in [0.15, 0.2) is 23.1 Å². The highest BCUT2D eigenvalue weighted by atomic mass is 19.2. The van der Waals surface area contributed by atoms with Gasteiger partial charge in [-0.25, -0.2) is 8.78 Å². The molecule has 3 heterocycles. The number of nitrogens with zero attached hydrogens (tertiary/aromatic N) is 4. The van der Waals surface area contributed by atoms with E-state index >= 15 is 0 Å². The molecule has 0 amide bonds. The van der Waals surface area contributed by atoms with E-state index in [9.17, 15) is 13.6 Å². The summed E-state index contributed by atoms with van der Waals surface area (Å²) in [7, 11) is 1.72. The average molecular weight is 345 g/mol. The van der Waals surface area contributed by atoms with Gasteiger partial charge in [-0.3, -0.25) is 14.5 Å². The number of aryl methyl sites for hydroxylation is 1. The van der Waals surface area contributed by atoms with E-state index in [-0.39, 0.29) is 11.6 Å². The second-order valence-electron chi connectivity index (χ2n) is 6.23. The highest BCUT2D eigenvalue weighted by molar-refractivity contribution is 5.74. The monoisotopic (exact) mass is 345 g/mol. The quantitative estimate of drug-likeness (QED) is 0.775. The third-order valence-electron chi connectivity index (χ3n) is 4.79. The summed E-state index contributed by atoms with van der Waals surface area (Å²) in [6.45, 7) is 2.53. The van der Waals surface area contributed by atoms with Crippen LogP contribution in [-0.2, 0) is 13.5 Å². The van der Waals surface area contributed by atoms with Crippen molar-refractivity contribution in [3.63, 3.8) is 0 Å². The smallest absolute Gasteiger partial charge is 0.263 e. The third-order valence-corrected chi connectivity index (χ3v) is 4.79. The number of nitrogens with one attached hydrogen (secondary N) is 1. The number of H-pyrrole nitrogens is 1. The number of benzene rings is 1. The Morgan fingerprint density at radius 1 is 1.32 bits per heavy atom. The predicted octanol–water partition coefficient (Wildman–Crippen LogP) is 2.45. The highest BCUT2D eigenvalue weighted by Crippen LogP contribution is 2.35. The molecule has 8 heteroatoms. The lowest BCUT2D eigenvalue weighted by Crippen LogP contribution is -2.37. The summed E-state index contributed by atoms with van der Waals surface area (Å²) < 4.78 is 28.8. The van der Waals surface area contributed by atoms with E-state index in [1.165, 1.54) is 18.3 Å². The van der Waals surface area contributed by atoms with Crippen molar-refractivity contribution in [2.45, 2.75) is 25.8 Å². The Morgan fingerprint density at radius 2 is 2.08 bits per heavy atom. The standard InChI is InChI=1S/C17H17F2N5O/c1-3-14-10-7-13(19)12(18)6-9(10)4-5-24(14)17-21-15-11(16(25)22-17)8-20-23(15)2/h6-8,14H,3-5H2,1-2H3,(H,21,22,25)/t14-/m0/s1. The van der Waals surface area contributed by atoms with Gasteiger partial charge in [-0.1, -0.05) is 6.92 Å². The number of hydrogen-bond acceptors (Lipinski definition) is 4. The normalized spacial score (nSPS) is 17.1. The van der Waals surface area contributed by atoms with Gasteiger partial charge < -0.3 is 4.90 Å². The van der Waals surface area contributed by atoms with Crippen molar-refractivity contribution in [1.82, 2.24) is 19.7 Å². The first-order chi connectivity index (χ1) is 12.0. The van der Waals surface area contributed by atoms with Crippen LogP contribution in [0.5, 0.6) is 0 Å². The molecule has 0 saturated carbocycles. The van der Waals surface area contributed by atoms with E-state index < -0.39 is 11.6 Å². The zero-order chi connectivity index (χ0) is 17.7. The molecule has 25 heavy (non-hydrogen) atoms. The van der Waals surface area contributed by atoms with Crippen LogP contribution in [0.2, 0.25) is 0 Å². The van der Waals surface area contributed by atoms with Crippen molar-refractivity contribution < 1.29 is 8.78 Å². The number of aromatic amines is 1. The molecule has 6 nitrogen and oxygen atoms in total. The van der Waals surface area contributed by atoms with Crippen LogP contribution in [0.25, 0.3) is 11.0 Å². The fourth-order valence-electron chi connectivity index (χ4n) is 3.55. The summed E-state index contributed by atoms with van der Waals surface area (Å²) in [4.78, 5) is 21.6. The molecule has 1 aliphatic rings.